The van der Waals surface area contributed by atoms with Crippen molar-refractivity contribution in [2.45, 2.75) is 4.90 Å². The molecular formula is C16H12N4O4S. The number of nitrogens with one attached hydrogen (secondary N) is 1. The van der Waals surface area contributed by atoms with E-state index in [9.17, 15) is 9.00 Å². The smallest absolute Gasteiger partial charge is 0.274 e. The molecule has 0 radical (unpaired) electrons. The number of fused-ring (bicyclic) bond motifs is 1. The van der Waals surface area contributed by atoms with Gasteiger partial charge in [0.25, 0.3) is 5.91 Å². The second kappa shape index (κ2) is 6.36. The third kappa shape index (κ3) is 3.09. The van der Waals surface area contributed by atoms with Crippen molar-refractivity contribution in [2.24, 2.45) is 0 Å². The highest BCUT2D eigenvalue weighted by atomic mass is 32.2. The predicted molar refractivity (Wildman–Crippen MR) is 88.8 cm³/mol. The molecule has 1 N–H and O–H groups in total. The Bertz CT molecular complexity index is 958. The molecule has 8 nitrogen and oxygen atoms in total. The summed E-state index contributed by atoms with van der Waals surface area (Å²) in [6, 6.07) is 10.1. The normalized spacial score (nSPS) is 13.4. The zero-order chi connectivity index (χ0) is 17.2. The van der Waals surface area contributed by atoms with E-state index in [4.69, 9.17) is 9.47 Å². The Kier molecular flexibility index (Phi) is 3.90. The summed E-state index contributed by atoms with van der Waals surface area (Å²) in [5.41, 5.74) is 0.705. The SMILES string of the molecule is O=C(Nc1cnn(S(=O)c2ccc3c(c2)OCO3)c1)c1ccccn1. The second-order valence-electron chi connectivity index (χ2n) is 5.06. The average molecular weight is 356 g/mol. The highest BCUT2D eigenvalue weighted by molar-refractivity contribution is 7.83. The monoisotopic (exact) mass is 356 g/mol. The number of hydrogen-bond acceptors (Lipinski definition) is 6. The lowest BCUT2D eigenvalue weighted by Gasteiger charge is -2.03. The van der Waals surface area contributed by atoms with Crippen LogP contribution in [-0.4, -0.2) is 31.1 Å². The largest absolute Gasteiger partial charge is 0.454 e. The van der Waals surface area contributed by atoms with Crippen molar-refractivity contribution >= 4 is 22.6 Å². The van der Waals surface area contributed by atoms with Crippen LogP contribution in [0.5, 0.6) is 11.5 Å². The fourth-order valence-electron chi connectivity index (χ4n) is 2.25. The summed E-state index contributed by atoms with van der Waals surface area (Å²) in [5.74, 6) is 0.792. The summed E-state index contributed by atoms with van der Waals surface area (Å²) in [4.78, 5) is 16.6. The van der Waals surface area contributed by atoms with Gasteiger partial charge < -0.3 is 14.8 Å². The molecule has 3 aromatic rings. The van der Waals surface area contributed by atoms with Crippen molar-refractivity contribution in [1.29, 1.82) is 0 Å². The Morgan fingerprint density at radius 2 is 2.08 bits per heavy atom. The van der Waals surface area contributed by atoms with Crippen LogP contribution in [0.3, 0.4) is 0 Å². The van der Waals surface area contributed by atoms with Gasteiger partial charge in [-0.25, -0.2) is 4.21 Å². The van der Waals surface area contributed by atoms with E-state index in [1.54, 1.807) is 36.4 Å². The minimum absolute atomic E-state index is 0.150. The molecule has 1 amide bonds. The highest BCUT2D eigenvalue weighted by Gasteiger charge is 2.17. The lowest BCUT2D eigenvalue weighted by molar-refractivity contribution is 0.102. The van der Waals surface area contributed by atoms with Gasteiger partial charge in [-0.3, -0.25) is 9.78 Å². The number of benzene rings is 1. The number of rotatable bonds is 4. The van der Waals surface area contributed by atoms with E-state index in [0.29, 0.717) is 22.1 Å². The molecule has 0 spiro atoms. The standard InChI is InChI=1S/C16H12N4O4S/c21-16(13-3-1-2-6-17-13)19-11-8-18-20(9-11)25(22)12-4-5-14-15(7-12)24-10-23-14/h1-9H,10H2,(H,19,21). The van der Waals surface area contributed by atoms with Crippen molar-refractivity contribution in [1.82, 2.24) is 14.2 Å². The molecule has 1 unspecified atom stereocenters. The maximum atomic E-state index is 12.6. The third-order valence-corrected chi connectivity index (χ3v) is 4.63. The Labute approximate surface area is 145 Å². The number of carbonyl (C=O) groups excluding carboxylic acids is 1. The fourth-order valence-corrected chi connectivity index (χ4v) is 3.20. The van der Waals surface area contributed by atoms with Gasteiger partial charge in [-0.15, -0.1) is 0 Å². The molecule has 0 aliphatic carbocycles. The fraction of sp³-hybridized carbons (Fsp3) is 0.0625. The molecule has 0 saturated heterocycles. The third-order valence-electron chi connectivity index (χ3n) is 3.43. The Balaban J connectivity index is 1.51. The van der Waals surface area contributed by atoms with Crippen LogP contribution >= 0.6 is 0 Å². The Morgan fingerprint density at radius 1 is 1.20 bits per heavy atom. The molecule has 0 saturated carbocycles. The molecule has 9 heteroatoms. The van der Waals surface area contributed by atoms with Gasteiger partial charge in [0.05, 0.1) is 23.0 Å². The summed E-state index contributed by atoms with van der Waals surface area (Å²) in [7, 11) is -1.57. The minimum Gasteiger partial charge on any atom is -0.454 e. The number of ether oxygens (including phenoxy) is 2. The van der Waals surface area contributed by atoms with Crippen LogP contribution in [0.4, 0.5) is 5.69 Å². The topological polar surface area (TPSA) is 95.3 Å². The first kappa shape index (κ1) is 15.3. The number of amides is 1. The minimum atomic E-state index is -1.57. The summed E-state index contributed by atoms with van der Waals surface area (Å²) in [5, 5.41) is 6.70. The van der Waals surface area contributed by atoms with E-state index in [1.165, 1.54) is 22.7 Å². The van der Waals surface area contributed by atoms with Gasteiger partial charge in [0.1, 0.15) is 5.69 Å². The summed E-state index contributed by atoms with van der Waals surface area (Å²) < 4.78 is 24.4. The van der Waals surface area contributed by atoms with Crippen LogP contribution in [0.1, 0.15) is 10.5 Å². The van der Waals surface area contributed by atoms with Gasteiger partial charge in [-0.1, -0.05) is 6.07 Å². The average Bonchev–Trinajstić information content (AvgIpc) is 3.30. The molecule has 0 bridgehead atoms. The zero-order valence-electron chi connectivity index (χ0n) is 12.8. The Morgan fingerprint density at radius 3 is 2.92 bits per heavy atom. The first-order valence-electron chi connectivity index (χ1n) is 7.30. The summed E-state index contributed by atoms with van der Waals surface area (Å²) >= 11 is 0. The number of nitrogens with zero attached hydrogens (tertiary/aromatic N) is 3. The zero-order valence-corrected chi connectivity index (χ0v) is 13.6. The molecule has 3 heterocycles. The number of anilines is 1. The van der Waals surface area contributed by atoms with Crippen LogP contribution in [0.25, 0.3) is 0 Å². The first-order valence-corrected chi connectivity index (χ1v) is 8.40. The van der Waals surface area contributed by atoms with E-state index in [2.05, 4.69) is 15.4 Å². The predicted octanol–water partition coefficient (Wildman–Crippen LogP) is 1.83. The lowest BCUT2D eigenvalue weighted by Crippen LogP contribution is -2.13. The van der Waals surface area contributed by atoms with Crippen LogP contribution in [0.15, 0.2) is 59.9 Å². The summed E-state index contributed by atoms with van der Waals surface area (Å²) in [6.07, 6.45) is 4.44. The quantitative estimate of drug-likeness (QED) is 0.766. The van der Waals surface area contributed by atoms with E-state index in [-0.39, 0.29) is 18.4 Å². The molecule has 2 aromatic heterocycles. The number of aromatic nitrogens is 3. The van der Waals surface area contributed by atoms with Crippen molar-refractivity contribution in [2.75, 3.05) is 12.1 Å². The van der Waals surface area contributed by atoms with Crippen LogP contribution in [0.2, 0.25) is 0 Å². The molecule has 1 aliphatic rings. The van der Waals surface area contributed by atoms with Gasteiger partial charge in [-0.05, 0) is 24.3 Å². The molecule has 126 valence electrons. The van der Waals surface area contributed by atoms with Crippen LogP contribution in [0, 0.1) is 0 Å². The highest BCUT2D eigenvalue weighted by Crippen LogP contribution is 2.33. The molecule has 1 aliphatic heterocycles. The second-order valence-corrected chi connectivity index (χ2v) is 6.41. The Hall–Kier alpha value is -3.20. The molecule has 1 aromatic carbocycles. The lowest BCUT2D eigenvalue weighted by atomic mass is 10.3. The van der Waals surface area contributed by atoms with Gasteiger partial charge in [0.15, 0.2) is 22.5 Å². The van der Waals surface area contributed by atoms with E-state index < -0.39 is 11.0 Å². The van der Waals surface area contributed by atoms with Gasteiger partial charge in [-0.2, -0.15) is 9.19 Å². The first-order chi connectivity index (χ1) is 12.2. The van der Waals surface area contributed by atoms with E-state index in [1.807, 2.05) is 0 Å². The summed E-state index contributed by atoms with van der Waals surface area (Å²) in [6.45, 7) is 0.150. The van der Waals surface area contributed by atoms with Gasteiger partial charge >= 0.3 is 0 Å². The number of pyridine rings is 1. The van der Waals surface area contributed by atoms with E-state index in [0.717, 1.165) is 0 Å². The maximum absolute atomic E-state index is 12.6. The van der Waals surface area contributed by atoms with Crippen molar-refractivity contribution < 1.29 is 18.5 Å². The van der Waals surface area contributed by atoms with Gasteiger partial charge in [0.2, 0.25) is 6.79 Å². The molecule has 25 heavy (non-hydrogen) atoms. The van der Waals surface area contributed by atoms with Crippen molar-refractivity contribution in [3.05, 3.63) is 60.7 Å². The van der Waals surface area contributed by atoms with E-state index >= 15 is 0 Å². The molecule has 0 fully saturated rings. The van der Waals surface area contributed by atoms with Crippen LogP contribution < -0.4 is 14.8 Å². The van der Waals surface area contributed by atoms with Gasteiger partial charge in [0, 0.05) is 12.3 Å². The maximum Gasteiger partial charge on any atom is 0.274 e. The molecular weight excluding hydrogens is 344 g/mol. The molecule has 4 rings (SSSR count). The van der Waals surface area contributed by atoms with Crippen LogP contribution in [-0.2, 0) is 11.0 Å². The molecule has 1 atom stereocenters. The number of carbonyl (C=O) groups is 1. The van der Waals surface area contributed by atoms with Crippen molar-refractivity contribution in [3.8, 4) is 11.5 Å². The number of hydrogen-bond donors (Lipinski definition) is 1. The van der Waals surface area contributed by atoms with Crippen molar-refractivity contribution in [3.63, 3.8) is 0 Å².